The summed E-state index contributed by atoms with van der Waals surface area (Å²) in [7, 11) is 0. The summed E-state index contributed by atoms with van der Waals surface area (Å²) >= 11 is 0. The molecule has 0 radical (unpaired) electrons. The van der Waals surface area contributed by atoms with Crippen molar-refractivity contribution in [3.05, 3.63) is 29.8 Å². The van der Waals surface area contributed by atoms with Crippen LogP contribution in [-0.2, 0) is 16.0 Å². The maximum atomic E-state index is 12.5. The molecule has 1 saturated heterocycles. The lowest BCUT2D eigenvalue weighted by Crippen LogP contribution is -2.51. The zero-order valence-corrected chi connectivity index (χ0v) is 10.6. The van der Waals surface area contributed by atoms with Crippen LogP contribution < -0.4 is 16.0 Å². The Bertz CT molecular complexity index is 529. The maximum Gasteiger partial charge on any atom is 0.249 e. The molecule has 2 unspecified atom stereocenters. The number of nitrogens with two attached hydrogens (primary N) is 1. The van der Waals surface area contributed by atoms with E-state index in [0.29, 0.717) is 19.4 Å². The van der Waals surface area contributed by atoms with Gasteiger partial charge in [0.2, 0.25) is 11.8 Å². The van der Waals surface area contributed by atoms with Gasteiger partial charge in [0.05, 0.1) is 0 Å². The summed E-state index contributed by atoms with van der Waals surface area (Å²) in [5.74, 6) is -0.0959. The first-order valence-electron chi connectivity index (χ1n) is 6.59. The molecule has 5 nitrogen and oxygen atoms in total. The van der Waals surface area contributed by atoms with Gasteiger partial charge in [0, 0.05) is 24.7 Å². The molecule has 2 atom stereocenters. The molecule has 1 aromatic carbocycles. The average Bonchev–Trinajstić information content (AvgIpc) is 2.83. The van der Waals surface area contributed by atoms with Crippen molar-refractivity contribution >= 4 is 17.5 Å². The fourth-order valence-electron chi connectivity index (χ4n) is 2.82. The van der Waals surface area contributed by atoms with E-state index in [4.69, 9.17) is 5.73 Å². The van der Waals surface area contributed by atoms with E-state index in [2.05, 4.69) is 5.32 Å². The van der Waals surface area contributed by atoms with Gasteiger partial charge in [0.1, 0.15) is 6.04 Å². The lowest BCUT2D eigenvalue weighted by Gasteiger charge is -2.34. The number of para-hydroxylation sites is 1. The molecular formula is C14H17N3O2. The minimum atomic E-state index is -0.397. The first kappa shape index (κ1) is 12.2. The molecule has 2 aliphatic rings. The second-order valence-corrected chi connectivity index (χ2v) is 5.20. The van der Waals surface area contributed by atoms with Gasteiger partial charge in [-0.25, -0.2) is 0 Å². The number of hydrogen-bond acceptors (Lipinski definition) is 3. The summed E-state index contributed by atoms with van der Waals surface area (Å²) in [5.41, 5.74) is 8.04. The monoisotopic (exact) mass is 259 g/mol. The van der Waals surface area contributed by atoms with Gasteiger partial charge in [-0.3, -0.25) is 9.59 Å². The topological polar surface area (TPSA) is 75.4 Å². The lowest BCUT2D eigenvalue weighted by molar-refractivity contribution is -0.124. The van der Waals surface area contributed by atoms with E-state index < -0.39 is 6.04 Å². The molecule has 100 valence electrons. The standard InChI is InChI=1S/C14H17N3O2/c15-10-7-9-3-1-2-4-12(9)17(8-10)14(19)11-5-6-13(18)16-11/h1-4,10-11H,5-8,15H2,(H,16,18). The SMILES string of the molecule is NC1Cc2ccccc2N(C(=O)C2CCC(=O)N2)C1. The first-order chi connectivity index (χ1) is 9.15. The third-order valence-electron chi connectivity index (χ3n) is 3.74. The Morgan fingerprint density at radius 2 is 2.16 bits per heavy atom. The second kappa shape index (κ2) is 4.66. The Morgan fingerprint density at radius 3 is 2.89 bits per heavy atom. The number of fused-ring (bicyclic) bond motifs is 1. The van der Waals surface area contributed by atoms with Crippen LogP contribution >= 0.6 is 0 Å². The van der Waals surface area contributed by atoms with Crippen LogP contribution in [0, 0.1) is 0 Å². The van der Waals surface area contributed by atoms with Crippen molar-refractivity contribution in [3.63, 3.8) is 0 Å². The van der Waals surface area contributed by atoms with Crippen LogP contribution in [0.5, 0.6) is 0 Å². The van der Waals surface area contributed by atoms with Crippen molar-refractivity contribution < 1.29 is 9.59 Å². The number of nitrogens with zero attached hydrogens (tertiary/aromatic N) is 1. The molecule has 0 aromatic heterocycles. The van der Waals surface area contributed by atoms with E-state index in [0.717, 1.165) is 17.7 Å². The molecule has 0 aliphatic carbocycles. The molecule has 0 saturated carbocycles. The zero-order chi connectivity index (χ0) is 13.4. The molecule has 5 heteroatoms. The van der Waals surface area contributed by atoms with E-state index in [9.17, 15) is 9.59 Å². The van der Waals surface area contributed by atoms with Crippen molar-refractivity contribution in [3.8, 4) is 0 Å². The number of rotatable bonds is 1. The largest absolute Gasteiger partial charge is 0.344 e. The molecule has 2 aliphatic heterocycles. The highest BCUT2D eigenvalue weighted by molar-refractivity contribution is 6.01. The van der Waals surface area contributed by atoms with Crippen molar-refractivity contribution in [2.75, 3.05) is 11.4 Å². The summed E-state index contributed by atoms with van der Waals surface area (Å²) < 4.78 is 0. The summed E-state index contributed by atoms with van der Waals surface area (Å²) in [4.78, 5) is 25.5. The quantitative estimate of drug-likeness (QED) is 0.755. The Morgan fingerprint density at radius 1 is 1.37 bits per heavy atom. The van der Waals surface area contributed by atoms with Gasteiger partial charge in [0.15, 0.2) is 0 Å². The highest BCUT2D eigenvalue weighted by atomic mass is 16.2. The highest BCUT2D eigenvalue weighted by Gasteiger charge is 2.34. The number of amides is 2. The Hall–Kier alpha value is -1.88. The Balaban J connectivity index is 1.88. The van der Waals surface area contributed by atoms with Gasteiger partial charge >= 0.3 is 0 Å². The Labute approximate surface area is 111 Å². The van der Waals surface area contributed by atoms with Crippen LogP contribution in [-0.4, -0.2) is 30.4 Å². The van der Waals surface area contributed by atoms with Gasteiger partial charge in [0.25, 0.3) is 0 Å². The maximum absolute atomic E-state index is 12.5. The molecule has 0 spiro atoms. The number of carbonyl (C=O) groups excluding carboxylic acids is 2. The summed E-state index contributed by atoms with van der Waals surface area (Å²) in [5, 5.41) is 2.73. The number of hydrogen-bond donors (Lipinski definition) is 2. The van der Waals surface area contributed by atoms with Gasteiger partial charge in [-0.2, -0.15) is 0 Å². The van der Waals surface area contributed by atoms with Crippen molar-refractivity contribution in [2.24, 2.45) is 5.73 Å². The van der Waals surface area contributed by atoms with E-state index >= 15 is 0 Å². The molecule has 0 bridgehead atoms. The number of benzene rings is 1. The van der Waals surface area contributed by atoms with Crippen LogP contribution in [0.3, 0.4) is 0 Å². The molecule has 19 heavy (non-hydrogen) atoms. The third kappa shape index (κ3) is 2.21. The van der Waals surface area contributed by atoms with Crippen molar-refractivity contribution in [1.29, 1.82) is 0 Å². The van der Waals surface area contributed by atoms with Gasteiger partial charge in [-0.15, -0.1) is 0 Å². The van der Waals surface area contributed by atoms with Crippen LogP contribution in [0.2, 0.25) is 0 Å². The zero-order valence-electron chi connectivity index (χ0n) is 10.6. The predicted molar refractivity (Wildman–Crippen MR) is 71.6 cm³/mol. The fraction of sp³-hybridized carbons (Fsp3) is 0.429. The smallest absolute Gasteiger partial charge is 0.249 e. The predicted octanol–water partition coefficient (Wildman–Crippen LogP) is 0.182. The number of carbonyl (C=O) groups is 2. The summed E-state index contributed by atoms with van der Waals surface area (Å²) in [6.07, 6.45) is 1.79. The van der Waals surface area contributed by atoms with Gasteiger partial charge in [-0.1, -0.05) is 18.2 Å². The minimum absolute atomic E-state index is 0.0454. The molecular weight excluding hydrogens is 242 g/mol. The van der Waals surface area contributed by atoms with Gasteiger partial charge < -0.3 is 16.0 Å². The fourth-order valence-corrected chi connectivity index (χ4v) is 2.82. The number of anilines is 1. The summed E-state index contributed by atoms with van der Waals surface area (Å²) in [6, 6.07) is 7.37. The molecule has 3 rings (SSSR count). The molecule has 3 N–H and O–H groups in total. The normalized spacial score (nSPS) is 25.9. The first-order valence-corrected chi connectivity index (χ1v) is 6.59. The van der Waals surface area contributed by atoms with E-state index in [1.165, 1.54) is 0 Å². The lowest BCUT2D eigenvalue weighted by atomic mass is 9.97. The van der Waals surface area contributed by atoms with E-state index in [1.54, 1.807) is 4.90 Å². The molecule has 2 amide bonds. The second-order valence-electron chi connectivity index (χ2n) is 5.20. The van der Waals surface area contributed by atoms with Crippen molar-refractivity contribution in [2.45, 2.75) is 31.3 Å². The average molecular weight is 259 g/mol. The van der Waals surface area contributed by atoms with Crippen LogP contribution in [0.1, 0.15) is 18.4 Å². The third-order valence-corrected chi connectivity index (χ3v) is 3.74. The van der Waals surface area contributed by atoms with Crippen molar-refractivity contribution in [1.82, 2.24) is 5.32 Å². The van der Waals surface area contributed by atoms with Gasteiger partial charge in [-0.05, 0) is 24.5 Å². The van der Waals surface area contributed by atoms with Crippen LogP contribution in [0.15, 0.2) is 24.3 Å². The molecule has 1 fully saturated rings. The minimum Gasteiger partial charge on any atom is -0.344 e. The molecule has 2 heterocycles. The summed E-state index contributed by atoms with van der Waals surface area (Å²) in [6.45, 7) is 0.516. The molecule has 1 aromatic rings. The van der Waals surface area contributed by atoms with E-state index in [-0.39, 0.29) is 17.9 Å². The highest BCUT2D eigenvalue weighted by Crippen LogP contribution is 2.27. The number of nitrogens with one attached hydrogen (secondary N) is 1. The Kier molecular flexibility index (Phi) is 2.98. The van der Waals surface area contributed by atoms with Crippen LogP contribution in [0.25, 0.3) is 0 Å². The van der Waals surface area contributed by atoms with Crippen LogP contribution in [0.4, 0.5) is 5.69 Å². The van der Waals surface area contributed by atoms with E-state index in [1.807, 2.05) is 24.3 Å².